The summed E-state index contributed by atoms with van der Waals surface area (Å²) in [7, 11) is 2.32. The maximum absolute atomic E-state index is 6.13. The lowest BCUT2D eigenvalue weighted by Gasteiger charge is -2.28. The van der Waals surface area contributed by atoms with Crippen LogP contribution in [0.25, 0.3) is 0 Å². The average Bonchev–Trinajstić information content (AvgIpc) is 2.93. The van der Waals surface area contributed by atoms with Gasteiger partial charge in [0.25, 0.3) is 0 Å². The van der Waals surface area contributed by atoms with Gasteiger partial charge in [-0.1, -0.05) is 20.8 Å². The number of hydrogen-bond donors (Lipinski definition) is 1. The summed E-state index contributed by atoms with van der Waals surface area (Å²) in [6.07, 6.45) is 3.72. The van der Waals surface area contributed by atoms with Gasteiger partial charge in [-0.2, -0.15) is 0 Å². The second-order valence-corrected chi connectivity index (χ2v) is 8.45. The van der Waals surface area contributed by atoms with Gasteiger partial charge in [0.1, 0.15) is 11.6 Å². The molecule has 4 heteroatoms. The molecule has 0 atom stereocenters. The molecular weight excluding hydrogens is 298 g/mol. The van der Waals surface area contributed by atoms with Crippen LogP contribution in [0, 0.1) is 5.41 Å². The third kappa shape index (κ3) is 6.16. The Labute approximate surface area is 147 Å². The number of quaternary nitrogens is 1. The molecule has 0 bridgehead atoms. The summed E-state index contributed by atoms with van der Waals surface area (Å²) < 4.78 is 6.93. The molecule has 0 aliphatic carbocycles. The molecule has 4 nitrogen and oxygen atoms in total. The number of nitrogens with two attached hydrogens (primary N) is 1. The Bertz CT molecular complexity index is 537. The maximum Gasteiger partial charge on any atom is 0.125 e. The molecule has 0 amide bonds. The molecule has 1 fully saturated rings. The molecule has 0 radical (unpaired) electrons. The molecule has 0 aromatic heterocycles. The summed E-state index contributed by atoms with van der Waals surface area (Å²) >= 11 is 0. The molecule has 0 spiro atoms. The molecule has 24 heavy (non-hydrogen) atoms. The molecule has 1 aromatic carbocycles. The van der Waals surface area contributed by atoms with Crippen LogP contribution in [-0.4, -0.2) is 50.2 Å². The summed E-state index contributed by atoms with van der Waals surface area (Å²) in [6.45, 7) is 11.8. The lowest BCUT2D eigenvalue weighted by atomic mass is 9.93. The fourth-order valence-electron chi connectivity index (χ4n) is 3.02. The molecule has 1 heterocycles. The summed E-state index contributed by atoms with van der Waals surface area (Å²) in [4.78, 5) is 4.57. The van der Waals surface area contributed by atoms with Crippen LogP contribution in [0.2, 0.25) is 0 Å². The highest BCUT2D eigenvalue weighted by Gasteiger charge is 2.25. The van der Waals surface area contributed by atoms with Crippen LogP contribution < -0.4 is 10.5 Å². The summed E-state index contributed by atoms with van der Waals surface area (Å²) in [5.41, 5.74) is 7.40. The zero-order chi connectivity index (χ0) is 17.6. The van der Waals surface area contributed by atoms with Gasteiger partial charge in [-0.3, -0.25) is 4.99 Å². The van der Waals surface area contributed by atoms with Crippen molar-refractivity contribution in [1.29, 1.82) is 0 Å². The number of likely N-dealkylation sites (N-methyl/N-ethyl adjacent to an activating group) is 1. The standard InChI is InChI=1S/C20H34N3O/c1-20(2,3)11-16-24-18-9-7-17(8-10-18)19(21)22-12-15-23(4)13-5-6-14-23/h7-10H,5-6,11-16H2,1-4H3,(H2,21,22)/q+1. The van der Waals surface area contributed by atoms with E-state index in [4.69, 9.17) is 10.5 Å². The number of aliphatic imine (C=N–C) groups is 1. The first kappa shape index (κ1) is 18.8. The first-order valence-electron chi connectivity index (χ1n) is 9.14. The molecule has 1 saturated heterocycles. The fraction of sp³-hybridized carbons (Fsp3) is 0.650. The van der Waals surface area contributed by atoms with Gasteiger partial charge < -0.3 is 15.0 Å². The number of benzene rings is 1. The Morgan fingerprint density at radius 2 is 1.79 bits per heavy atom. The molecule has 2 rings (SSSR count). The predicted molar refractivity (Wildman–Crippen MR) is 102 cm³/mol. The molecule has 1 aliphatic heterocycles. The molecule has 0 saturated carbocycles. The minimum atomic E-state index is 0.297. The fourth-order valence-corrected chi connectivity index (χ4v) is 3.02. The normalized spacial score (nSPS) is 17.9. The predicted octanol–water partition coefficient (Wildman–Crippen LogP) is 3.45. The Morgan fingerprint density at radius 3 is 2.38 bits per heavy atom. The van der Waals surface area contributed by atoms with E-state index in [0.29, 0.717) is 11.3 Å². The number of nitrogens with zero attached hydrogens (tertiary/aromatic N) is 2. The van der Waals surface area contributed by atoms with Crippen molar-refractivity contribution in [3.05, 3.63) is 29.8 Å². The molecule has 2 N–H and O–H groups in total. The Hall–Kier alpha value is -1.55. The molecular formula is C20H34N3O+. The van der Waals surface area contributed by atoms with E-state index in [0.717, 1.165) is 41.9 Å². The zero-order valence-electron chi connectivity index (χ0n) is 15.8. The van der Waals surface area contributed by atoms with Crippen molar-refractivity contribution in [2.75, 3.05) is 39.8 Å². The quantitative estimate of drug-likeness (QED) is 0.472. The van der Waals surface area contributed by atoms with Crippen LogP contribution in [-0.2, 0) is 0 Å². The monoisotopic (exact) mass is 332 g/mol. The van der Waals surface area contributed by atoms with Crippen molar-refractivity contribution >= 4 is 5.84 Å². The van der Waals surface area contributed by atoms with Gasteiger partial charge >= 0.3 is 0 Å². The van der Waals surface area contributed by atoms with Crippen molar-refractivity contribution in [2.45, 2.75) is 40.0 Å². The second kappa shape index (κ2) is 8.02. The summed E-state index contributed by atoms with van der Waals surface area (Å²) in [5, 5.41) is 0. The first-order chi connectivity index (χ1) is 11.3. The topological polar surface area (TPSA) is 47.6 Å². The van der Waals surface area contributed by atoms with Crippen LogP contribution >= 0.6 is 0 Å². The second-order valence-electron chi connectivity index (χ2n) is 8.45. The zero-order valence-corrected chi connectivity index (χ0v) is 15.8. The highest BCUT2D eigenvalue weighted by atomic mass is 16.5. The number of amidine groups is 1. The number of ether oxygens (including phenoxy) is 1. The van der Waals surface area contributed by atoms with Crippen LogP contribution in [0.1, 0.15) is 45.6 Å². The largest absolute Gasteiger partial charge is 0.494 e. The van der Waals surface area contributed by atoms with Crippen molar-refractivity contribution in [3.8, 4) is 5.75 Å². The van der Waals surface area contributed by atoms with Gasteiger partial charge in [-0.15, -0.1) is 0 Å². The van der Waals surface area contributed by atoms with Crippen molar-refractivity contribution < 1.29 is 9.22 Å². The Balaban J connectivity index is 1.81. The van der Waals surface area contributed by atoms with Gasteiger partial charge in [-0.25, -0.2) is 0 Å². The van der Waals surface area contributed by atoms with E-state index < -0.39 is 0 Å². The van der Waals surface area contributed by atoms with Crippen molar-refractivity contribution in [3.63, 3.8) is 0 Å². The van der Waals surface area contributed by atoms with E-state index in [1.165, 1.54) is 25.9 Å². The van der Waals surface area contributed by atoms with E-state index in [1.54, 1.807) is 0 Å². The summed E-state index contributed by atoms with van der Waals surface area (Å²) in [5.74, 6) is 1.52. The SMILES string of the molecule is CC(C)(C)CCOc1ccc(C(N)=NCC[N+]2(C)CCCC2)cc1. The number of likely N-dealkylation sites (tertiary alicyclic amines) is 1. The van der Waals surface area contributed by atoms with Gasteiger partial charge in [0, 0.05) is 18.4 Å². The Morgan fingerprint density at radius 1 is 1.17 bits per heavy atom. The molecule has 1 aliphatic rings. The van der Waals surface area contributed by atoms with E-state index in [1.807, 2.05) is 24.3 Å². The lowest BCUT2D eigenvalue weighted by Crippen LogP contribution is -2.42. The van der Waals surface area contributed by atoms with E-state index in [-0.39, 0.29) is 0 Å². The minimum absolute atomic E-state index is 0.297. The smallest absolute Gasteiger partial charge is 0.125 e. The van der Waals surface area contributed by atoms with Crippen LogP contribution in [0.4, 0.5) is 0 Å². The first-order valence-corrected chi connectivity index (χ1v) is 9.14. The van der Waals surface area contributed by atoms with Gasteiger partial charge in [-0.05, 0) is 36.1 Å². The Kier molecular flexibility index (Phi) is 6.27. The summed E-state index contributed by atoms with van der Waals surface area (Å²) in [6, 6.07) is 7.96. The van der Waals surface area contributed by atoms with Crippen LogP contribution in [0.5, 0.6) is 5.75 Å². The van der Waals surface area contributed by atoms with Gasteiger partial charge in [0.15, 0.2) is 0 Å². The highest BCUT2D eigenvalue weighted by Crippen LogP contribution is 2.20. The highest BCUT2D eigenvalue weighted by molar-refractivity contribution is 5.97. The van der Waals surface area contributed by atoms with E-state index >= 15 is 0 Å². The van der Waals surface area contributed by atoms with Gasteiger partial charge in [0.2, 0.25) is 0 Å². The minimum Gasteiger partial charge on any atom is -0.494 e. The van der Waals surface area contributed by atoms with E-state index in [9.17, 15) is 0 Å². The van der Waals surface area contributed by atoms with E-state index in [2.05, 4.69) is 32.8 Å². The molecule has 1 aromatic rings. The number of hydrogen-bond acceptors (Lipinski definition) is 2. The third-order valence-corrected chi connectivity index (χ3v) is 4.84. The molecule has 134 valence electrons. The lowest BCUT2D eigenvalue weighted by molar-refractivity contribution is -0.896. The van der Waals surface area contributed by atoms with Crippen LogP contribution in [0.15, 0.2) is 29.3 Å². The van der Waals surface area contributed by atoms with Crippen molar-refractivity contribution in [2.24, 2.45) is 16.1 Å². The van der Waals surface area contributed by atoms with Gasteiger partial charge in [0.05, 0.1) is 39.8 Å². The maximum atomic E-state index is 6.13. The third-order valence-electron chi connectivity index (χ3n) is 4.84. The molecule has 0 unspecified atom stereocenters. The van der Waals surface area contributed by atoms with Crippen LogP contribution in [0.3, 0.4) is 0 Å². The average molecular weight is 333 g/mol. The number of rotatable bonds is 7. The van der Waals surface area contributed by atoms with Crippen molar-refractivity contribution in [1.82, 2.24) is 0 Å².